The molecule has 0 aliphatic heterocycles. The predicted octanol–water partition coefficient (Wildman–Crippen LogP) is 9.44. The first-order valence-corrected chi connectivity index (χ1v) is 26.9. The fourth-order valence-corrected chi connectivity index (χ4v) is 9.95. The van der Waals surface area contributed by atoms with Crippen molar-refractivity contribution < 1.29 is 33.1 Å². The Kier molecular flexibility index (Phi) is 20.0. The Hall–Kier alpha value is -10.3. The van der Waals surface area contributed by atoms with E-state index in [9.17, 15) is 28.8 Å². The minimum Gasteiger partial charge on any atom is -0.478 e. The zero-order valence-corrected chi connectivity index (χ0v) is 45.1. The molecule has 2 fully saturated rings. The Balaban J connectivity index is 0.000000193. The van der Waals surface area contributed by atoms with Crippen molar-refractivity contribution in [3.05, 3.63) is 193 Å². The number of carbonyl (C=O) groups excluding carboxylic acids is 3. The van der Waals surface area contributed by atoms with Crippen molar-refractivity contribution in [2.45, 2.75) is 88.4 Å². The third-order valence-corrected chi connectivity index (χ3v) is 14.1. The Morgan fingerprint density at radius 1 is 0.590 bits per heavy atom. The molecule has 0 bridgehead atoms. The Labute approximate surface area is 477 Å². The molecule has 0 atom stereocenters. The fraction of sp³-hybridized carbons (Fsp3) is 0.267. The van der Waals surface area contributed by atoms with Gasteiger partial charge in [0.25, 0.3) is 5.91 Å². The lowest BCUT2D eigenvalue weighted by Crippen LogP contribution is -2.49. The third-order valence-electron chi connectivity index (χ3n) is 14.1. The van der Waals surface area contributed by atoms with E-state index in [1.165, 1.54) is 54.9 Å². The summed E-state index contributed by atoms with van der Waals surface area (Å²) in [6, 6.07) is 27.7. The second-order valence-corrected chi connectivity index (χ2v) is 19.7. The number of amides is 5. The van der Waals surface area contributed by atoms with Crippen LogP contribution in [0.3, 0.4) is 0 Å². The number of imidazole rings is 2. The van der Waals surface area contributed by atoms with Gasteiger partial charge < -0.3 is 46.6 Å². The zero-order chi connectivity index (χ0) is 58.6. The maximum atomic E-state index is 15.1. The van der Waals surface area contributed by atoms with E-state index in [4.69, 9.17) is 16.1 Å². The summed E-state index contributed by atoms with van der Waals surface area (Å²) in [7, 11) is 0. The number of nitriles is 2. The quantitative estimate of drug-likeness (QED) is 0.0503. The van der Waals surface area contributed by atoms with Crippen LogP contribution in [-0.2, 0) is 24.2 Å². The summed E-state index contributed by atoms with van der Waals surface area (Å²) in [5, 5.41) is 41.7. The summed E-state index contributed by atoms with van der Waals surface area (Å²) >= 11 is 0. The lowest BCUT2D eigenvalue weighted by atomic mass is 9.79. The average Bonchev–Trinajstić information content (AvgIpc) is 4.38. The van der Waals surface area contributed by atoms with Crippen LogP contribution in [0.15, 0.2) is 147 Å². The first-order valence-electron chi connectivity index (χ1n) is 26.9. The number of carboxylic acid groups (broad SMARTS) is 1. The number of nitrogens with one attached hydrogen (secondary N) is 5. The highest BCUT2D eigenvalue weighted by Gasteiger charge is 2.38. The SMILES string of the molecule is N#Cc1nccc(C2(NC(=O)Nc3ccc(-c4ccc(C(=O)NCCn5ccnc5)cc4)c(F)c3)CCCCC2)n1.N#Cc1nccc(C2(NC(=O)Nc3ccc(-c4ccc(C(=O)O)cc4)c(F)c3)CCCCC2)n1.NCCn1ccnc1. The van der Waals surface area contributed by atoms with Gasteiger partial charge in [-0.25, -0.2) is 53.1 Å². The predicted molar refractivity (Wildman–Crippen MR) is 304 cm³/mol. The van der Waals surface area contributed by atoms with Crippen LogP contribution in [0, 0.1) is 34.3 Å². The van der Waals surface area contributed by atoms with E-state index in [-0.39, 0.29) is 34.4 Å². The number of nitrogens with zero attached hydrogens (tertiary/aromatic N) is 10. The van der Waals surface area contributed by atoms with Gasteiger partial charge in [-0.1, -0.05) is 62.8 Å². The molecule has 5 amide bonds. The smallest absolute Gasteiger partial charge is 0.335 e. The van der Waals surface area contributed by atoms with Gasteiger partial charge in [0.15, 0.2) is 0 Å². The number of carbonyl (C=O) groups is 4. The number of hydrogen-bond acceptors (Lipinski definition) is 13. The number of benzene rings is 4. The van der Waals surface area contributed by atoms with Gasteiger partial charge in [-0.05, 0) is 110 Å². The third kappa shape index (κ3) is 15.8. The Morgan fingerprint density at radius 2 is 1.04 bits per heavy atom. The second-order valence-electron chi connectivity index (χ2n) is 19.7. The van der Waals surface area contributed by atoms with Crippen molar-refractivity contribution in [1.29, 1.82) is 10.5 Å². The van der Waals surface area contributed by atoms with E-state index < -0.39 is 40.7 Å². The molecule has 0 spiro atoms. The first kappa shape index (κ1) is 58.9. The topological polar surface area (TPSA) is 309 Å². The van der Waals surface area contributed by atoms with E-state index in [1.54, 1.807) is 79.6 Å². The molecule has 4 aromatic heterocycles. The summed E-state index contributed by atoms with van der Waals surface area (Å²) in [4.78, 5) is 73.7. The Morgan fingerprint density at radius 3 is 1.43 bits per heavy atom. The summed E-state index contributed by atoms with van der Waals surface area (Å²) in [5.41, 5.74) is 7.89. The fourth-order valence-electron chi connectivity index (χ4n) is 9.95. The monoisotopic (exact) mass is 1120 g/mol. The maximum Gasteiger partial charge on any atom is 0.335 e. The molecule has 10 rings (SSSR count). The van der Waals surface area contributed by atoms with E-state index >= 15 is 4.39 Å². The largest absolute Gasteiger partial charge is 0.478 e. The Bertz CT molecular complexity index is 3580. The van der Waals surface area contributed by atoms with Crippen molar-refractivity contribution in [2.75, 3.05) is 23.7 Å². The van der Waals surface area contributed by atoms with Crippen LogP contribution in [0.25, 0.3) is 22.3 Å². The summed E-state index contributed by atoms with van der Waals surface area (Å²) in [6.45, 7) is 2.60. The standard InChI is InChI=1S/C30H29FN8O2.C25H22FN5O3.C5H9N3/c31-25-18-23(36-29(41)38-30(11-2-1-3-12-30)26-10-13-34-27(19-32)37-26)8-9-24(25)21-4-6-22(7-5-21)28(40)35-15-17-39-16-14-33-20-39;26-20-14-18(8-9-19(20)16-4-6-17(7-5-16)23(32)33)29-24(34)31-25(11-2-1-3-12-25)21-10-13-28-22(15-27)30-21;6-1-3-8-4-2-7-5-8/h4-10,13-14,16,18,20H,1-3,11-12,15,17H2,(H,35,40)(H2,36,38,41);4-10,13-14H,1-3,11-12H2,(H,32,33)(H2,29,31,34);2,4-5H,1,3,6H2. The normalized spacial score (nSPS) is 13.8. The summed E-state index contributed by atoms with van der Waals surface area (Å²) in [5.74, 6) is -2.25. The van der Waals surface area contributed by atoms with Crippen LogP contribution >= 0.6 is 0 Å². The molecular formula is C60H60F2N16O5. The zero-order valence-electron chi connectivity index (χ0n) is 45.1. The molecule has 8 N–H and O–H groups in total. The molecule has 2 aliphatic rings. The van der Waals surface area contributed by atoms with E-state index in [0.717, 1.165) is 45.1 Å². The number of hydrogen-bond donors (Lipinski definition) is 7. The highest BCUT2D eigenvalue weighted by molar-refractivity contribution is 5.95. The van der Waals surface area contributed by atoms with Crippen LogP contribution < -0.4 is 32.3 Å². The highest BCUT2D eigenvalue weighted by atomic mass is 19.1. The molecule has 83 heavy (non-hydrogen) atoms. The molecule has 0 saturated heterocycles. The summed E-state index contributed by atoms with van der Waals surface area (Å²) < 4.78 is 33.7. The number of aromatic carboxylic acids is 1. The van der Waals surface area contributed by atoms with Crippen molar-refractivity contribution in [2.24, 2.45) is 5.73 Å². The molecule has 2 aliphatic carbocycles. The highest BCUT2D eigenvalue weighted by Crippen LogP contribution is 2.38. The van der Waals surface area contributed by atoms with Gasteiger partial charge in [0.1, 0.15) is 23.8 Å². The molecule has 0 unspecified atom stereocenters. The molecule has 2 saturated carbocycles. The molecule has 0 radical (unpaired) electrons. The average molecular weight is 1120 g/mol. The molecule has 424 valence electrons. The second kappa shape index (κ2) is 28.2. The molecule has 4 aromatic carbocycles. The lowest BCUT2D eigenvalue weighted by Gasteiger charge is -2.37. The molecule has 4 heterocycles. The molecule has 23 heteroatoms. The van der Waals surface area contributed by atoms with Crippen LogP contribution in [0.1, 0.15) is 108 Å². The van der Waals surface area contributed by atoms with Crippen LogP contribution in [0.5, 0.6) is 0 Å². The molecule has 21 nitrogen and oxygen atoms in total. The van der Waals surface area contributed by atoms with Crippen LogP contribution in [0.2, 0.25) is 0 Å². The van der Waals surface area contributed by atoms with E-state index in [1.807, 2.05) is 33.7 Å². The minimum absolute atomic E-state index is 0.0405. The number of halogens is 2. The van der Waals surface area contributed by atoms with Gasteiger partial charge in [0, 0.05) is 91.4 Å². The number of nitrogens with two attached hydrogens (primary N) is 1. The van der Waals surface area contributed by atoms with Crippen LogP contribution in [0.4, 0.5) is 29.7 Å². The van der Waals surface area contributed by atoms with Crippen molar-refractivity contribution >= 4 is 35.3 Å². The number of rotatable bonds is 15. The van der Waals surface area contributed by atoms with Crippen molar-refractivity contribution in [1.82, 2.24) is 55.0 Å². The molecular weight excluding hydrogens is 1060 g/mol. The van der Waals surface area contributed by atoms with Gasteiger partial charge in [0.2, 0.25) is 11.6 Å². The van der Waals surface area contributed by atoms with Crippen LogP contribution in [-0.4, -0.2) is 81.2 Å². The van der Waals surface area contributed by atoms with Gasteiger partial charge in [-0.2, -0.15) is 10.5 Å². The first-order chi connectivity index (χ1) is 40.3. The van der Waals surface area contributed by atoms with Crippen molar-refractivity contribution in [3.63, 3.8) is 0 Å². The lowest BCUT2D eigenvalue weighted by molar-refractivity contribution is 0.0696. The van der Waals surface area contributed by atoms with Gasteiger partial charge in [-0.15, -0.1) is 0 Å². The van der Waals surface area contributed by atoms with Gasteiger partial charge in [0.05, 0.1) is 40.7 Å². The number of carboxylic acids is 1. The number of anilines is 2. The van der Waals surface area contributed by atoms with Gasteiger partial charge >= 0.3 is 18.0 Å². The molecule has 8 aromatic rings. The minimum atomic E-state index is -1.06. The number of urea groups is 2. The maximum absolute atomic E-state index is 15.1. The van der Waals surface area contributed by atoms with E-state index in [0.29, 0.717) is 84.6 Å². The number of aromatic nitrogens is 8. The van der Waals surface area contributed by atoms with E-state index in [2.05, 4.69) is 56.5 Å². The van der Waals surface area contributed by atoms with Crippen molar-refractivity contribution in [3.8, 4) is 34.4 Å². The van der Waals surface area contributed by atoms with Gasteiger partial charge in [-0.3, -0.25) is 4.79 Å². The summed E-state index contributed by atoms with van der Waals surface area (Å²) in [6.07, 6.45) is 22.0.